The largest absolute Gasteiger partial charge is 0.497 e. The van der Waals surface area contributed by atoms with Gasteiger partial charge in [-0.25, -0.2) is 0 Å². The number of benzene rings is 1. The predicted molar refractivity (Wildman–Crippen MR) is 125 cm³/mol. The van der Waals surface area contributed by atoms with Gasteiger partial charge in [0.05, 0.1) is 19.3 Å². The Bertz CT molecular complexity index is 692. The Morgan fingerprint density at radius 2 is 2.03 bits per heavy atom. The monoisotopic (exact) mass is 430 g/mol. The number of nitrogens with zero attached hydrogens (tertiary/aromatic N) is 1. The van der Waals surface area contributed by atoms with Crippen LogP contribution in [0.15, 0.2) is 24.3 Å². The number of nitrogens with one attached hydrogen (secondary N) is 1. The Kier molecular flexibility index (Phi) is 8.79. The zero-order chi connectivity index (χ0) is 22.3. The molecule has 1 saturated heterocycles. The Hall–Kier alpha value is -1.59. The number of amides is 1. The van der Waals surface area contributed by atoms with Crippen LogP contribution in [0.25, 0.3) is 0 Å². The van der Waals surface area contributed by atoms with Gasteiger partial charge >= 0.3 is 0 Å². The zero-order valence-electron chi connectivity index (χ0n) is 19.7. The second kappa shape index (κ2) is 11.3. The zero-order valence-corrected chi connectivity index (χ0v) is 19.7. The summed E-state index contributed by atoms with van der Waals surface area (Å²) in [6, 6.07) is 8.25. The van der Waals surface area contributed by atoms with E-state index in [4.69, 9.17) is 4.74 Å². The minimum atomic E-state index is -0.608. The molecule has 1 aliphatic carbocycles. The molecule has 1 heterocycles. The molecule has 3 unspecified atom stereocenters. The fraction of sp³-hybridized carbons (Fsp3) is 0.731. The standard InChI is InChI=1S/C26H42N2O3/c1-4-6-9-20(5-2)18-27-24(29)19-28-17-16-26(30)15-8-7-10-23(26)25(28)21-11-13-22(31-3)14-12-21/h11-14,20,23,25,30H,4-10,15-19H2,1-3H3,(H,27,29)/t20?,23?,25-,26?/m0/s1. The lowest BCUT2D eigenvalue weighted by atomic mass is 9.66. The normalized spacial score (nSPS) is 27.4. The molecule has 1 saturated carbocycles. The van der Waals surface area contributed by atoms with Gasteiger partial charge in [-0.05, 0) is 49.3 Å². The molecule has 5 heteroatoms. The first-order valence-electron chi connectivity index (χ1n) is 12.4. The quantitative estimate of drug-likeness (QED) is 0.565. The number of hydrogen-bond acceptors (Lipinski definition) is 4. The average Bonchev–Trinajstić information content (AvgIpc) is 2.79. The van der Waals surface area contributed by atoms with Gasteiger partial charge in [-0.3, -0.25) is 9.69 Å². The lowest BCUT2D eigenvalue weighted by Crippen LogP contribution is -2.56. The van der Waals surface area contributed by atoms with Crippen LogP contribution in [0.1, 0.15) is 83.2 Å². The molecule has 5 nitrogen and oxygen atoms in total. The number of fused-ring (bicyclic) bond motifs is 1. The number of unbranched alkanes of at least 4 members (excludes halogenated alkanes) is 1. The molecular formula is C26H42N2O3. The molecule has 31 heavy (non-hydrogen) atoms. The number of carbonyl (C=O) groups excluding carboxylic acids is 1. The molecule has 174 valence electrons. The van der Waals surface area contributed by atoms with Crippen molar-refractivity contribution in [3.8, 4) is 5.75 Å². The molecule has 1 amide bonds. The maximum atomic E-state index is 12.9. The van der Waals surface area contributed by atoms with Gasteiger partial charge < -0.3 is 15.2 Å². The number of piperidine rings is 1. The van der Waals surface area contributed by atoms with Gasteiger partial charge in [0, 0.05) is 25.0 Å². The topological polar surface area (TPSA) is 61.8 Å². The van der Waals surface area contributed by atoms with Crippen molar-refractivity contribution in [1.29, 1.82) is 0 Å². The van der Waals surface area contributed by atoms with E-state index < -0.39 is 5.60 Å². The van der Waals surface area contributed by atoms with Gasteiger partial charge in [0.15, 0.2) is 0 Å². The molecule has 0 spiro atoms. The molecule has 1 aromatic carbocycles. The summed E-state index contributed by atoms with van der Waals surface area (Å²) in [5, 5.41) is 14.6. The van der Waals surface area contributed by atoms with Crippen LogP contribution >= 0.6 is 0 Å². The van der Waals surface area contributed by atoms with Crippen LogP contribution in [0.5, 0.6) is 5.75 Å². The van der Waals surface area contributed by atoms with E-state index in [1.54, 1.807) is 7.11 Å². The molecule has 1 aliphatic heterocycles. The first-order valence-corrected chi connectivity index (χ1v) is 12.4. The maximum Gasteiger partial charge on any atom is 0.234 e. The van der Waals surface area contributed by atoms with Crippen molar-refractivity contribution in [3.63, 3.8) is 0 Å². The first kappa shape index (κ1) is 24.1. The second-order valence-electron chi connectivity index (χ2n) is 9.61. The first-order chi connectivity index (χ1) is 15.0. The van der Waals surface area contributed by atoms with Crippen molar-refractivity contribution < 1.29 is 14.6 Å². The second-order valence-corrected chi connectivity index (χ2v) is 9.61. The number of likely N-dealkylation sites (tertiary alicyclic amines) is 1. The van der Waals surface area contributed by atoms with Crippen molar-refractivity contribution in [2.24, 2.45) is 11.8 Å². The molecular weight excluding hydrogens is 388 g/mol. The highest BCUT2D eigenvalue weighted by Gasteiger charge is 2.49. The van der Waals surface area contributed by atoms with Crippen LogP contribution in [0, 0.1) is 11.8 Å². The predicted octanol–water partition coefficient (Wildman–Crippen LogP) is 4.70. The summed E-state index contributed by atoms with van der Waals surface area (Å²) in [6.07, 6.45) is 9.60. The minimum Gasteiger partial charge on any atom is -0.497 e. The Labute approximate surface area is 188 Å². The third-order valence-corrected chi connectivity index (χ3v) is 7.61. The highest BCUT2D eigenvalue weighted by Crippen LogP contribution is 2.49. The number of rotatable bonds is 10. The van der Waals surface area contributed by atoms with Crippen LogP contribution in [-0.2, 0) is 4.79 Å². The maximum absolute atomic E-state index is 12.9. The average molecular weight is 431 g/mol. The molecule has 1 aromatic rings. The Morgan fingerprint density at radius 3 is 2.71 bits per heavy atom. The third-order valence-electron chi connectivity index (χ3n) is 7.61. The van der Waals surface area contributed by atoms with E-state index in [0.717, 1.165) is 57.4 Å². The number of hydrogen-bond donors (Lipinski definition) is 2. The number of ether oxygens (including phenoxy) is 1. The summed E-state index contributed by atoms with van der Waals surface area (Å²) >= 11 is 0. The minimum absolute atomic E-state index is 0.0674. The summed E-state index contributed by atoms with van der Waals surface area (Å²) in [6.45, 7) is 6.34. The van der Waals surface area contributed by atoms with Gasteiger partial charge in [-0.2, -0.15) is 0 Å². The summed E-state index contributed by atoms with van der Waals surface area (Å²) in [5.41, 5.74) is 0.566. The lowest BCUT2D eigenvalue weighted by molar-refractivity contribution is -0.138. The van der Waals surface area contributed by atoms with E-state index in [1.807, 2.05) is 12.1 Å². The van der Waals surface area contributed by atoms with Crippen LogP contribution in [0.4, 0.5) is 0 Å². The fourth-order valence-corrected chi connectivity index (χ4v) is 5.61. The molecule has 0 bridgehead atoms. The molecule has 2 fully saturated rings. The Morgan fingerprint density at radius 1 is 1.26 bits per heavy atom. The number of aliphatic hydroxyl groups is 1. The molecule has 3 rings (SSSR count). The molecule has 2 N–H and O–H groups in total. The van der Waals surface area contributed by atoms with Crippen molar-refractivity contribution in [2.75, 3.05) is 26.7 Å². The van der Waals surface area contributed by atoms with Gasteiger partial charge in [0.2, 0.25) is 5.91 Å². The van der Waals surface area contributed by atoms with Crippen LogP contribution in [-0.4, -0.2) is 48.3 Å². The van der Waals surface area contributed by atoms with Crippen molar-refractivity contribution in [2.45, 2.75) is 83.3 Å². The van der Waals surface area contributed by atoms with Crippen molar-refractivity contribution in [1.82, 2.24) is 10.2 Å². The number of carbonyl (C=O) groups is 1. The van der Waals surface area contributed by atoms with Crippen molar-refractivity contribution >= 4 is 5.91 Å². The van der Waals surface area contributed by atoms with Crippen LogP contribution in [0.3, 0.4) is 0 Å². The van der Waals surface area contributed by atoms with Crippen molar-refractivity contribution in [3.05, 3.63) is 29.8 Å². The van der Waals surface area contributed by atoms with E-state index in [1.165, 1.54) is 24.8 Å². The van der Waals surface area contributed by atoms with E-state index in [0.29, 0.717) is 12.5 Å². The van der Waals surface area contributed by atoms with E-state index in [-0.39, 0.29) is 17.9 Å². The highest BCUT2D eigenvalue weighted by atomic mass is 16.5. The van der Waals surface area contributed by atoms with Gasteiger partial charge in [-0.15, -0.1) is 0 Å². The van der Waals surface area contributed by atoms with Crippen LogP contribution in [0.2, 0.25) is 0 Å². The molecule has 0 radical (unpaired) electrons. The van der Waals surface area contributed by atoms with E-state index >= 15 is 0 Å². The van der Waals surface area contributed by atoms with Gasteiger partial charge in [0.1, 0.15) is 5.75 Å². The lowest BCUT2D eigenvalue weighted by Gasteiger charge is -2.52. The smallest absolute Gasteiger partial charge is 0.234 e. The molecule has 4 atom stereocenters. The molecule has 2 aliphatic rings. The Balaban J connectivity index is 1.71. The third kappa shape index (κ3) is 6.01. The van der Waals surface area contributed by atoms with Crippen LogP contribution < -0.4 is 10.1 Å². The summed E-state index contributed by atoms with van der Waals surface area (Å²) in [7, 11) is 1.68. The summed E-state index contributed by atoms with van der Waals surface area (Å²) < 4.78 is 5.34. The molecule has 0 aromatic heterocycles. The number of methoxy groups -OCH3 is 1. The van der Waals surface area contributed by atoms with Gasteiger partial charge in [-0.1, -0.05) is 58.1 Å². The fourth-order valence-electron chi connectivity index (χ4n) is 5.61. The van der Waals surface area contributed by atoms with Gasteiger partial charge in [0.25, 0.3) is 0 Å². The van der Waals surface area contributed by atoms with E-state index in [9.17, 15) is 9.90 Å². The summed E-state index contributed by atoms with van der Waals surface area (Å²) in [4.78, 5) is 15.2. The van der Waals surface area contributed by atoms with E-state index in [2.05, 4.69) is 36.2 Å². The highest BCUT2D eigenvalue weighted by molar-refractivity contribution is 5.78. The summed E-state index contributed by atoms with van der Waals surface area (Å²) in [5.74, 6) is 1.67. The SMILES string of the molecule is CCCCC(CC)CNC(=O)CN1CCC2(O)CCCCC2[C@@H]1c1ccc(OC)cc1.